The van der Waals surface area contributed by atoms with Crippen molar-refractivity contribution in [3.63, 3.8) is 0 Å². The second kappa shape index (κ2) is 6.58. The average molecular weight is 312 g/mol. The fraction of sp³-hybridized carbons (Fsp3) is 0.600. The number of rotatable bonds is 7. The Labute approximate surface area is 118 Å². The molecule has 1 aliphatic rings. The summed E-state index contributed by atoms with van der Waals surface area (Å²) in [6, 6.07) is 6.99. The maximum atomic E-state index is 5.99. The molecule has 100 valence electrons. The molecular formula is C15H22BrNO. The molecule has 1 aliphatic carbocycles. The minimum Gasteiger partial charge on any atom is -0.492 e. The number of para-hydroxylation sites is 1. The molecule has 1 fully saturated rings. The molecule has 0 radical (unpaired) electrons. The van der Waals surface area contributed by atoms with E-state index in [1.54, 1.807) is 0 Å². The van der Waals surface area contributed by atoms with Gasteiger partial charge in [0.05, 0.1) is 11.1 Å². The summed E-state index contributed by atoms with van der Waals surface area (Å²) in [6.45, 7) is 6.11. The highest BCUT2D eigenvalue weighted by Crippen LogP contribution is 2.30. The van der Waals surface area contributed by atoms with Crippen molar-refractivity contribution in [2.75, 3.05) is 6.61 Å². The molecule has 0 aromatic heterocycles. The van der Waals surface area contributed by atoms with E-state index in [9.17, 15) is 0 Å². The second-order valence-electron chi connectivity index (χ2n) is 5.21. The van der Waals surface area contributed by atoms with Crippen molar-refractivity contribution in [2.24, 2.45) is 5.92 Å². The predicted molar refractivity (Wildman–Crippen MR) is 79.0 cm³/mol. The van der Waals surface area contributed by atoms with Crippen molar-refractivity contribution in [3.8, 4) is 5.75 Å². The van der Waals surface area contributed by atoms with Gasteiger partial charge in [0.2, 0.25) is 0 Å². The molecule has 1 aromatic rings. The highest BCUT2D eigenvalue weighted by atomic mass is 79.9. The monoisotopic (exact) mass is 311 g/mol. The molecule has 2 rings (SSSR count). The zero-order chi connectivity index (χ0) is 13.0. The van der Waals surface area contributed by atoms with Crippen LogP contribution >= 0.6 is 15.9 Å². The van der Waals surface area contributed by atoms with E-state index < -0.39 is 0 Å². The summed E-state index contributed by atoms with van der Waals surface area (Å²) in [6.07, 6.45) is 3.79. The summed E-state index contributed by atoms with van der Waals surface area (Å²) in [4.78, 5) is 0. The minimum absolute atomic E-state index is 0.598. The van der Waals surface area contributed by atoms with E-state index >= 15 is 0 Å². The van der Waals surface area contributed by atoms with Crippen LogP contribution in [-0.2, 0) is 6.54 Å². The summed E-state index contributed by atoms with van der Waals surface area (Å²) >= 11 is 3.59. The maximum absolute atomic E-state index is 5.99. The first-order valence-electron chi connectivity index (χ1n) is 6.84. The molecule has 1 saturated carbocycles. The van der Waals surface area contributed by atoms with Gasteiger partial charge in [0.1, 0.15) is 5.75 Å². The molecule has 0 aliphatic heterocycles. The van der Waals surface area contributed by atoms with Gasteiger partial charge in [0, 0.05) is 18.2 Å². The van der Waals surface area contributed by atoms with Crippen LogP contribution in [0.5, 0.6) is 5.75 Å². The largest absolute Gasteiger partial charge is 0.492 e. The fourth-order valence-electron chi connectivity index (χ4n) is 1.74. The summed E-state index contributed by atoms with van der Waals surface area (Å²) in [5.74, 6) is 1.60. The van der Waals surface area contributed by atoms with Gasteiger partial charge in [-0.15, -0.1) is 0 Å². The number of nitrogens with one attached hydrogen (secondary N) is 1. The Morgan fingerprint density at radius 1 is 1.44 bits per heavy atom. The Morgan fingerprint density at radius 3 is 2.89 bits per heavy atom. The molecule has 1 aromatic carbocycles. The summed E-state index contributed by atoms with van der Waals surface area (Å²) in [5, 5.41) is 3.54. The first-order valence-corrected chi connectivity index (χ1v) is 7.63. The number of benzene rings is 1. The summed E-state index contributed by atoms with van der Waals surface area (Å²) in [7, 11) is 0. The van der Waals surface area contributed by atoms with Gasteiger partial charge in [-0.2, -0.15) is 0 Å². The number of halogens is 1. The van der Waals surface area contributed by atoms with Crippen LogP contribution in [0.15, 0.2) is 22.7 Å². The van der Waals surface area contributed by atoms with E-state index in [4.69, 9.17) is 4.74 Å². The predicted octanol–water partition coefficient (Wildman–Crippen LogP) is 4.13. The van der Waals surface area contributed by atoms with E-state index in [0.717, 1.165) is 35.8 Å². The van der Waals surface area contributed by atoms with Crippen LogP contribution in [0.2, 0.25) is 0 Å². The van der Waals surface area contributed by atoms with E-state index in [-0.39, 0.29) is 0 Å². The van der Waals surface area contributed by atoms with Gasteiger partial charge in [-0.1, -0.05) is 32.4 Å². The number of ether oxygens (including phenoxy) is 1. The molecule has 0 saturated heterocycles. The third-order valence-corrected chi connectivity index (χ3v) is 4.04. The van der Waals surface area contributed by atoms with Gasteiger partial charge in [0.25, 0.3) is 0 Å². The molecule has 1 atom stereocenters. The summed E-state index contributed by atoms with van der Waals surface area (Å²) < 4.78 is 7.04. The smallest absolute Gasteiger partial charge is 0.137 e. The minimum atomic E-state index is 0.598. The van der Waals surface area contributed by atoms with Crippen molar-refractivity contribution < 1.29 is 4.74 Å². The fourth-order valence-corrected chi connectivity index (χ4v) is 2.26. The quantitative estimate of drug-likeness (QED) is 0.817. The van der Waals surface area contributed by atoms with Gasteiger partial charge in [-0.25, -0.2) is 0 Å². The molecular weight excluding hydrogens is 290 g/mol. The lowest BCUT2D eigenvalue weighted by molar-refractivity contribution is 0.252. The van der Waals surface area contributed by atoms with Crippen LogP contribution in [0.25, 0.3) is 0 Å². The van der Waals surface area contributed by atoms with Gasteiger partial charge in [0.15, 0.2) is 0 Å². The molecule has 0 bridgehead atoms. The van der Waals surface area contributed by atoms with Gasteiger partial charge < -0.3 is 10.1 Å². The topological polar surface area (TPSA) is 21.3 Å². The molecule has 18 heavy (non-hydrogen) atoms. The SMILES string of the molecule is CCC(C)COc1c(Br)cccc1CNC1CC1. The molecule has 1 unspecified atom stereocenters. The maximum Gasteiger partial charge on any atom is 0.137 e. The van der Waals surface area contributed by atoms with Gasteiger partial charge in [-0.3, -0.25) is 0 Å². The Balaban J connectivity index is 1.99. The number of hydrogen-bond acceptors (Lipinski definition) is 2. The molecule has 0 heterocycles. The van der Waals surface area contributed by atoms with Crippen molar-refractivity contribution >= 4 is 15.9 Å². The zero-order valence-corrected chi connectivity index (χ0v) is 12.8. The highest BCUT2D eigenvalue weighted by molar-refractivity contribution is 9.10. The van der Waals surface area contributed by atoms with Crippen LogP contribution in [0.1, 0.15) is 38.7 Å². The van der Waals surface area contributed by atoms with E-state index in [0.29, 0.717) is 5.92 Å². The third-order valence-electron chi connectivity index (χ3n) is 3.42. The average Bonchev–Trinajstić information content (AvgIpc) is 3.18. The normalized spacial score (nSPS) is 16.6. The van der Waals surface area contributed by atoms with Crippen molar-refractivity contribution in [3.05, 3.63) is 28.2 Å². The van der Waals surface area contributed by atoms with Gasteiger partial charge >= 0.3 is 0 Å². The molecule has 0 spiro atoms. The Morgan fingerprint density at radius 2 is 2.22 bits per heavy atom. The summed E-state index contributed by atoms with van der Waals surface area (Å²) in [5.41, 5.74) is 1.25. The lowest BCUT2D eigenvalue weighted by Gasteiger charge is -2.16. The first kappa shape index (κ1) is 13.9. The molecule has 1 N–H and O–H groups in total. The van der Waals surface area contributed by atoms with E-state index in [1.807, 2.05) is 6.07 Å². The highest BCUT2D eigenvalue weighted by Gasteiger charge is 2.21. The number of hydrogen-bond donors (Lipinski definition) is 1. The van der Waals surface area contributed by atoms with Crippen LogP contribution in [0.3, 0.4) is 0 Å². The lowest BCUT2D eigenvalue weighted by atomic mass is 10.1. The van der Waals surface area contributed by atoms with Crippen molar-refractivity contribution in [2.45, 2.75) is 45.7 Å². The van der Waals surface area contributed by atoms with Crippen LogP contribution < -0.4 is 10.1 Å². The molecule has 0 amide bonds. The Bertz CT molecular complexity index is 390. The Kier molecular flexibility index (Phi) is 5.07. The van der Waals surface area contributed by atoms with E-state index in [1.165, 1.54) is 18.4 Å². The molecule has 2 nitrogen and oxygen atoms in total. The zero-order valence-electron chi connectivity index (χ0n) is 11.2. The van der Waals surface area contributed by atoms with Crippen LogP contribution in [-0.4, -0.2) is 12.6 Å². The van der Waals surface area contributed by atoms with Crippen LogP contribution in [0.4, 0.5) is 0 Å². The Hall–Kier alpha value is -0.540. The third kappa shape index (κ3) is 3.99. The van der Waals surface area contributed by atoms with Crippen molar-refractivity contribution in [1.82, 2.24) is 5.32 Å². The van der Waals surface area contributed by atoms with E-state index in [2.05, 4.69) is 47.2 Å². The van der Waals surface area contributed by atoms with Crippen molar-refractivity contribution in [1.29, 1.82) is 0 Å². The standard InChI is InChI=1S/C15H22BrNO/c1-3-11(2)10-18-15-12(5-4-6-14(15)16)9-17-13-7-8-13/h4-6,11,13,17H,3,7-10H2,1-2H3. The van der Waals surface area contributed by atoms with Gasteiger partial charge in [-0.05, 0) is 40.8 Å². The van der Waals surface area contributed by atoms with Crippen LogP contribution in [0, 0.1) is 5.92 Å². The molecule has 3 heteroatoms. The first-order chi connectivity index (χ1) is 8.70. The lowest BCUT2D eigenvalue weighted by Crippen LogP contribution is -2.17. The second-order valence-corrected chi connectivity index (χ2v) is 6.06.